The minimum atomic E-state index is -3.27. The van der Waals surface area contributed by atoms with Gasteiger partial charge in [0.25, 0.3) is 5.91 Å². The number of halogens is 1. The lowest BCUT2D eigenvalue weighted by Crippen LogP contribution is -2.11. The molecule has 0 fully saturated rings. The molecule has 0 saturated heterocycles. The van der Waals surface area contributed by atoms with Crippen molar-refractivity contribution in [1.29, 1.82) is 0 Å². The van der Waals surface area contributed by atoms with E-state index in [0.717, 1.165) is 16.8 Å². The number of carbonyl (C=O) groups is 1. The maximum Gasteiger partial charge on any atom is 0.267 e. The molecule has 1 heterocycles. The molecule has 0 aliphatic carbocycles. The molecule has 0 spiro atoms. The Morgan fingerprint density at radius 3 is 2.27 bits per heavy atom. The molecular weight excluding hydrogens is 392 g/mol. The Morgan fingerprint density at radius 2 is 1.69 bits per heavy atom. The number of sulfone groups is 1. The summed E-state index contributed by atoms with van der Waals surface area (Å²) in [5.74, 6) is -0.285. The van der Waals surface area contributed by atoms with Gasteiger partial charge in [-0.05, 0) is 43.3 Å². The average Bonchev–Trinajstić information content (AvgIpc) is 2.97. The van der Waals surface area contributed by atoms with Gasteiger partial charge < -0.3 is 5.32 Å². The monoisotopic (exact) mass is 406 g/mol. The van der Waals surface area contributed by atoms with Crippen LogP contribution in [0.5, 0.6) is 0 Å². The highest BCUT2D eigenvalue weighted by atomic mass is 35.5. The predicted molar refractivity (Wildman–Crippen MR) is 105 cm³/mol. The molecule has 26 heavy (non-hydrogen) atoms. The molecule has 0 bridgehead atoms. The topological polar surface area (TPSA) is 76.1 Å². The number of carbonyl (C=O) groups excluding carboxylic acids is 1. The van der Waals surface area contributed by atoms with E-state index in [-0.39, 0.29) is 10.8 Å². The van der Waals surface area contributed by atoms with Gasteiger partial charge in [-0.15, -0.1) is 11.3 Å². The molecule has 1 N–H and O–H groups in total. The van der Waals surface area contributed by atoms with Crippen LogP contribution >= 0.6 is 22.9 Å². The number of thiazole rings is 1. The van der Waals surface area contributed by atoms with Gasteiger partial charge in [0.1, 0.15) is 9.88 Å². The molecule has 134 valence electrons. The van der Waals surface area contributed by atoms with E-state index in [2.05, 4.69) is 10.3 Å². The van der Waals surface area contributed by atoms with Crippen LogP contribution in [-0.4, -0.2) is 25.6 Å². The van der Waals surface area contributed by atoms with Gasteiger partial charge in [0.05, 0.1) is 10.6 Å². The van der Waals surface area contributed by atoms with Crippen molar-refractivity contribution in [3.8, 4) is 10.6 Å². The summed E-state index contributed by atoms with van der Waals surface area (Å²) in [6, 6.07) is 13.3. The number of hydrogen-bond acceptors (Lipinski definition) is 5. The summed E-state index contributed by atoms with van der Waals surface area (Å²) in [5.41, 5.74) is 2.03. The van der Waals surface area contributed by atoms with Crippen LogP contribution in [0.2, 0.25) is 5.02 Å². The van der Waals surface area contributed by atoms with Crippen molar-refractivity contribution < 1.29 is 13.2 Å². The van der Waals surface area contributed by atoms with Gasteiger partial charge >= 0.3 is 0 Å². The predicted octanol–water partition coefficient (Wildman–Crippen LogP) is 4.43. The first-order valence-electron chi connectivity index (χ1n) is 7.59. The Morgan fingerprint density at radius 1 is 1.08 bits per heavy atom. The van der Waals surface area contributed by atoms with Gasteiger partial charge in [0.15, 0.2) is 9.84 Å². The lowest BCUT2D eigenvalue weighted by atomic mass is 10.2. The summed E-state index contributed by atoms with van der Waals surface area (Å²) in [5, 5.41) is 4.14. The van der Waals surface area contributed by atoms with Crippen LogP contribution in [0.15, 0.2) is 53.4 Å². The summed E-state index contributed by atoms with van der Waals surface area (Å²) in [7, 11) is -3.27. The molecule has 0 aliphatic rings. The van der Waals surface area contributed by atoms with Crippen molar-refractivity contribution in [3.05, 3.63) is 64.1 Å². The molecule has 0 saturated carbocycles. The summed E-state index contributed by atoms with van der Waals surface area (Å²) < 4.78 is 23.0. The number of hydrogen-bond donors (Lipinski definition) is 1. The van der Waals surface area contributed by atoms with E-state index in [1.165, 1.54) is 23.5 Å². The van der Waals surface area contributed by atoms with Crippen molar-refractivity contribution in [2.75, 3.05) is 11.6 Å². The lowest BCUT2D eigenvalue weighted by Gasteiger charge is -2.05. The highest BCUT2D eigenvalue weighted by Crippen LogP contribution is 2.29. The number of amides is 1. The molecule has 1 aromatic heterocycles. The second kappa shape index (κ2) is 7.19. The van der Waals surface area contributed by atoms with E-state index >= 15 is 0 Å². The van der Waals surface area contributed by atoms with Crippen LogP contribution < -0.4 is 5.32 Å². The number of aromatic nitrogens is 1. The highest BCUT2D eigenvalue weighted by molar-refractivity contribution is 7.90. The number of nitrogens with one attached hydrogen (secondary N) is 1. The van der Waals surface area contributed by atoms with Crippen LogP contribution in [0.4, 0.5) is 5.69 Å². The molecule has 2 aromatic carbocycles. The van der Waals surface area contributed by atoms with Crippen LogP contribution in [0.25, 0.3) is 10.6 Å². The van der Waals surface area contributed by atoms with Gasteiger partial charge in [-0.3, -0.25) is 4.79 Å². The molecule has 3 rings (SSSR count). The van der Waals surface area contributed by atoms with Gasteiger partial charge in [0, 0.05) is 22.5 Å². The van der Waals surface area contributed by atoms with Crippen molar-refractivity contribution in [2.45, 2.75) is 11.8 Å². The largest absolute Gasteiger partial charge is 0.321 e. The van der Waals surface area contributed by atoms with Gasteiger partial charge in [0.2, 0.25) is 0 Å². The number of nitrogens with zero attached hydrogens (tertiary/aromatic N) is 1. The first kappa shape index (κ1) is 18.6. The Bertz CT molecular complexity index is 1060. The van der Waals surface area contributed by atoms with E-state index in [9.17, 15) is 13.2 Å². The summed E-state index contributed by atoms with van der Waals surface area (Å²) in [6.45, 7) is 1.78. The fourth-order valence-corrected chi connectivity index (χ4v) is 4.02. The fourth-order valence-electron chi connectivity index (χ4n) is 2.30. The Balaban J connectivity index is 1.81. The third kappa shape index (κ3) is 4.12. The lowest BCUT2D eigenvalue weighted by molar-refractivity contribution is 0.103. The third-order valence-corrected chi connectivity index (χ3v) is 6.22. The van der Waals surface area contributed by atoms with E-state index in [4.69, 9.17) is 11.6 Å². The minimum absolute atomic E-state index is 0.203. The second-order valence-corrected chi connectivity index (χ2v) is 9.14. The fraction of sp³-hybridized carbons (Fsp3) is 0.111. The van der Waals surface area contributed by atoms with Crippen molar-refractivity contribution in [3.63, 3.8) is 0 Å². The SMILES string of the molecule is Cc1nc(-c2ccc(Cl)cc2)sc1C(=O)Nc1ccc(S(C)(=O)=O)cc1. The van der Waals surface area contributed by atoms with Gasteiger partial charge in [-0.2, -0.15) is 0 Å². The Kier molecular flexibility index (Phi) is 5.13. The van der Waals surface area contributed by atoms with Crippen molar-refractivity contribution in [1.82, 2.24) is 4.98 Å². The smallest absolute Gasteiger partial charge is 0.267 e. The molecule has 0 unspecified atom stereocenters. The molecule has 8 heteroatoms. The number of benzene rings is 2. The number of aryl methyl sites for hydroxylation is 1. The zero-order chi connectivity index (χ0) is 18.9. The zero-order valence-electron chi connectivity index (χ0n) is 14.0. The van der Waals surface area contributed by atoms with Crippen molar-refractivity contribution in [2.24, 2.45) is 0 Å². The van der Waals surface area contributed by atoms with Crippen molar-refractivity contribution >= 4 is 44.4 Å². The minimum Gasteiger partial charge on any atom is -0.321 e. The van der Waals surface area contributed by atoms with Crippen LogP contribution in [-0.2, 0) is 9.84 Å². The van der Waals surface area contributed by atoms with Gasteiger partial charge in [-0.25, -0.2) is 13.4 Å². The van der Waals surface area contributed by atoms with E-state index in [1.807, 2.05) is 12.1 Å². The summed E-state index contributed by atoms with van der Waals surface area (Å²) in [6.07, 6.45) is 1.14. The van der Waals surface area contributed by atoms with E-state index in [1.54, 1.807) is 31.2 Å². The second-order valence-electron chi connectivity index (χ2n) is 5.69. The van der Waals surface area contributed by atoms with Crippen LogP contribution in [0.3, 0.4) is 0 Å². The van der Waals surface area contributed by atoms with Gasteiger partial charge in [-0.1, -0.05) is 23.7 Å². The highest BCUT2D eigenvalue weighted by Gasteiger charge is 2.17. The third-order valence-electron chi connectivity index (χ3n) is 3.63. The quantitative estimate of drug-likeness (QED) is 0.695. The normalized spacial score (nSPS) is 11.3. The standard InChI is InChI=1S/C18H15ClN2O3S2/c1-11-16(25-18(20-11)12-3-5-13(19)6-4-12)17(22)21-14-7-9-15(10-8-14)26(2,23)24/h3-10H,1-2H3,(H,21,22). The number of anilines is 1. The first-order valence-corrected chi connectivity index (χ1v) is 10.7. The Labute approximate surface area is 160 Å². The van der Waals surface area contributed by atoms with E-state index in [0.29, 0.717) is 21.3 Å². The average molecular weight is 407 g/mol. The number of rotatable bonds is 4. The molecule has 5 nitrogen and oxygen atoms in total. The van der Waals surface area contributed by atoms with E-state index < -0.39 is 9.84 Å². The molecule has 3 aromatic rings. The Hall–Kier alpha value is -2.22. The van der Waals surface area contributed by atoms with Crippen LogP contribution in [0.1, 0.15) is 15.4 Å². The summed E-state index contributed by atoms with van der Waals surface area (Å²) in [4.78, 5) is 17.7. The molecule has 0 radical (unpaired) electrons. The molecule has 1 amide bonds. The maximum atomic E-state index is 12.5. The summed E-state index contributed by atoms with van der Waals surface area (Å²) >= 11 is 7.19. The molecule has 0 atom stereocenters. The molecule has 0 aliphatic heterocycles. The maximum absolute atomic E-state index is 12.5. The zero-order valence-corrected chi connectivity index (χ0v) is 16.4. The molecular formula is C18H15ClN2O3S2. The van der Waals surface area contributed by atoms with Crippen LogP contribution in [0, 0.1) is 6.92 Å². The first-order chi connectivity index (χ1) is 12.2.